The Morgan fingerprint density at radius 1 is 0.931 bits per heavy atom. The summed E-state index contributed by atoms with van der Waals surface area (Å²) in [5, 5.41) is 0. The Balaban J connectivity index is 1.93. The summed E-state index contributed by atoms with van der Waals surface area (Å²) < 4.78 is 2.25. The molecule has 144 valence electrons. The van der Waals surface area contributed by atoms with Crippen LogP contribution in [-0.2, 0) is 11.3 Å². The maximum absolute atomic E-state index is 10.6. The van der Waals surface area contributed by atoms with E-state index in [1.54, 1.807) is 6.08 Å². The highest BCUT2D eigenvalue weighted by atomic mass is 16.1. The van der Waals surface area contributed by atoms with Crippen LogP contribution in [-0.4, -0.2) is 15.8 Å². The molecule has 0 amide bonds. The van der Waals surface area contributed by atoms with E-state index in [0.29, 0.717) is 0 Å². The van der Waals surface area contributed by atoms with Crippen molar-refractivity contribution in [2.75, 3.05) is 0 Å². The number of carbonyl (C=O) groups is 1. The van der Waals surface area contributed by atoms with Crippen LogP contribution in [0.2, 0.25) is 0 Å². The molecular formula is C26H24N2O. The largest absolute Gasteiger partial charge is 0.324 e. The molecule has 0 spiro atoms. The fourth-order valence-corrected chi connectivity index (χ4v) is 3.96. The van der Waals surface area contributed by atoms with Crippen molar-refractivity contribution >= 4 is 23.4 Å². The standard InChI is InChI=1S/C26H24N2O/c1-4-28-25-14-12-20(8-7-15-29)17-24(25)27-26(28)23-10-6-5-9-22(23)21-13-11-18(2)16-19(21)3/h5-17H,4H2,1-3H3/b8-7+. The van der Waals surface area contributed by atoms with Gasteiger partial charge in [0, 0.05) is 12.1 Å². The lowest BCUT2D eigenvalue weighted by Crippen LogP contribution is -1.99. The first kappa shape index (κ1) is 18.9. The average molecular weight is 380 g/mol. The van der Waals surface area contributed by atoms with E-state index in [2.05, 4.69) is 73.9 Å². The third-order valence-electron chi connectivity index (χ3n) is 5.30. The molecule has 3 nitrogen and oxygen atoms in total. The number of fused-ring (bicyclic) bond motifs is 1. The average Bonchev–Trinajstić information content (AvgIpc) is 3.10. The highest BCUT2D eigenvalue weighted by Gasteiger charge is 2.16. The van der Waals surface area contributed by atoms with Gasteiger partial charge in [-0.1, -0.05) is 60.2 Å². The number of rotatable bonds is 5. The van der Waals surface area contributed by atoms with Crippen molar-refractivity contribution in [2.24, 2.45) is 0 Å². The summed E-state index contributed by atoms with van der Waals surface area (Å²) in [6.07, 6.45) is 4.11. The van der Waals surface area contributed by atoms with E-state index >= 15 is 0 Å². The van der Waals surface area contributed by atoms with Gasteiger partial charge in [-0.15, -0.1) is 0 Å². The zero-order valence-electron chi connectivity index (χ0n) is 17.0. The quantitative estimate of drug-likeness (QED) is 0.304. The first-order valence-corrected chi connectivity index (χ1v) is 9.91. The van der Waals surface area contributed by atoms with Crippen LogP contribution in [0, 0.1) is 13.8 Å². The van der Waals surface area contributed by atoms with E-state index in [9.17, 15) is 4.79 Å². The summed E-state index contributed by atoms with van der Waals surface area (Å²) >= 11 is 0. The lowest BCUT2D eigenvalue weighted by atomic mass is 9.94. The first-order chi connectivity index (χ1) is 14.1. The van der Waals surface area contributed by atoms with Crippen LogP contribution in [0.1, 0.15) is 23.6 Å². The Bertz CT molecular complexity index is 1230. The molecule has 0 unspecified atom stereocenters. The first-order valence-electron chi connectivity index (χ1n) is 9.91. The molecule has 0 N–H and O–H groups in total. The van der Waals surface area contributed by atoms with Gasteiger partial charge in [-0.25, -0.2) is 4.98 Å². The Morgan fingerprint density at radius 3 is 2.45 bits per heavy atom. The number of allylic oxidation sites excluding steroid dienone is 1. The fraction of sp³-hybridized carbons (Fsp3) is 0.154. The zero-order chi connectivity index (χ0) is 20.4. The number of aromatic nitrogens is 2. The number of hydrogen-bond donors (Lipinski definition) is 0. The summed E-state index contributed by atoms with van der Waals surface area (Å²) in [5.41, 5.74) is 9.08. The molecule has 0 atom stereocenters. The number of carbonyl (C=O) groups excluding carboxylic acids is 1. The van der Waals surface area contributed by atoms with Crippen molar-refractivity contribution in [3.05, 3.63) is 83.4 Å². The van der Waals surface area contributed by atoms with Crippen LogP contribution in [0.5, 0.6) is 0 Å². The molecule has 4 rings (SSSR count). The highest BCUT2D eigenvalue weighted by Crippen LogP contribution is 2.35. The Kier molecular flexibility index (Phi) is 5.13. The van der Waals surface area contributed by atoms with Gasteiger partial charge in [0.2, 0.25) is 0 Å². The molecular weight excluding hydrogens is 356 g/mol. The smallest absolute Gasteiger partial charge is 0.142 e. The van der Waals surface area contributed by atoms with Gasteiger partial charge in [0.15, 0.2) is 0 Å². The third kappa shape index (κ3) is 3.52. The van der Waals surface area contributed by atoms with Crippen molar-refractivity contribution in [2.45, 2.75) is 27.3 Å². The van der Waals surface area contributed by atoms with E-state index in [4.69, 9.17) is 4.98 Å². The molecule has 0 bridgehead atoms. The van der Waals surface area contributed by atoms with E-state index in [1.807, 2.05) is 12.1 Å². The number of benzene rings is 3. The second-order valence-corrected chi connectivity index (χ2v) is 7.29. The molecule has 0 aliphatic carbocycles. The van der Waals surface area contributed by atoms with E-state index in [0.717, 1.165) is 40.8 Å². The van der Waals surface area contributed by atoms with Crippen molar-refractivity contribution in [1.82, 2.24) is 9.55 Å². The fourth-order valence-electron chi connectivity index (χ4n) is 3.96. The minimum atomic E-state index is 0.792. The minimum absolute atomic E-state index is 0.792. The summed E-state index contributed by atoms with van der Waals surface area (Å²) in [7, 11) is 0. The summed E-state index contributed by atoms with van der Waals surface area (Å²) in [5.74, 6) is 0.967. The Labute approximate surface area is 171 Å². The summed E-state index contributed by atoms with van der Waals surface area (Å²) in [6, 6.07) is 21.2. The van der Waals surface area contributed by atoms with Gasteiger partial charge >= 0.3 is 0 Å². The number of aldehydes is 1. The van der Waals surface area contributed by atoms with Crippen LogP contribution >= 0.6 is 0 Å². The molecule has 0 aliphatic rings. The van der Waals surface area contributed by atoms with Gasteiger partial charge in [0.05, 0.1) is 11.0 Å². The van der Waals surface area contributed by atoms with Gasteiger partial charge in [0.1, 0.15) is 12.1 Å². The SMILES string of the molecule is CCn1c(-c2ccccc2-c2ccc(C)cc2C)nc2cc(/C=C/C=O)ccc21. The topological polar surface area (TPSA) is 34.9 Å². The maximum atomic E-state index is 10.6. The highest BCUT2D eigenvalue weighted by molar-refractivity contribution is 5.88. The van der Waals surface area contributed by atoms with Crippen LogP contribution < -0.4 is 0 Å². The monoisotopic (exact) mass is 380 g/mol. The molecule has 29 heavy (non-hydrogen) atoms. The molecule has 0 aliphatic heterocycles. The molecule has 0 radical (unpaired) electrons. The summed E-state index contributed by atoms with van der Waals surface area (Å²) in [4.78, 5) is 15.6. The molecule has 0 fully saturated rings. The number of nitrogens with zero attached hydrogens (tertiary/aromatic N) is 2. The zero-order valence-corrected chi connectivity index (χ0v) is 17.0. The normalized spacial score (nSPS) is 11.4. The van der Waals surface area contributed by atoms with Crippen molar-refractivity contribution in [1.29, 1.82) is 0 Å². The third-order valence-corrected chi connectivity index (χ3v) is 5.30. The molecule has 0 saturated heterocycles. The molecule has 3 heteroatoms. The van der Waals surface area contributed by atoms with Gasteiger partial charge < -0.3 is 4.57 Å². The molecule has 1 heterocycles. The second kappa shape index (κ2) is 7.88. The Morgan fingerprint density at radius 2 is 1.72 bits per heavy atom. The predicted molar refractivity (Wildman–Crippen MR) is 121 cm³/mol. The number of imidazole rings is 1. The molecule has 3 aromatic carbocycles. The minimum Gasteiger partial charge on any atom is -0.324 e. The van der Waals surface area contributed by atoms with Crippen LogP contribution in [0.25, 0.3) is 39.6 Å². The lowest BCUT2D eigenvalue weighted by Gasteiger charge is -2.14. The molecule has 0 saturated carbocycles. The second-order valence-electron chi connectivity index (χ2n) is 7.29. The summed E-state index contributed by atoms with van der Waals surface area (Å²) in [6.45, 7) is 7.25. The lowest BCUT2D eigenvalue weighted by molar-refractivity contribution is -0.104. The van der Waals surface area contributed by atoms with Crippen molar-refractivity contribution in [3.63, 3.8) is 0 Å². The van der Waals surface area contributed by atoms with Crippen molar-refractivity contribution in [3.8, 4) is 22.5 Å². The van der Waals surface area contributed by atoms with Crippen LogP contribution in [0.4, 0.5) is 0 Å². The van der Waals surface area contributed by atoms with E-state index in [1.165, 1.54) is 28.3 Å². The predicted octanol–water partition coefficient (Wildman–Crippen LogP) is 6.22. The van der Waals surface area contributed by atoms with Crippen LogP contribution in [0.3, 0.4) is 0 Å². The van der Waals surface area contributed by atoms with Crippen molar-refractivity contribution < 1.29 is 4.79 Å². The maximum Gasteiger partial charge on any atom is 0.142 e. The van der Waals surface area contributed by atoms with Gasteiger partial charge in [0.25, 0.3) is 0 Å². The Hall–Kier alpha value is -3.46. The van der Waals surface area contributed by atoms with Gasteiger partial charge in [-0.05, 0) is 61.2 Å². The number of aryl methyl sites for hydroxylation is 3. The van der Waals surface area contributed by atoms with Gasteiger partial charge in [-0.3, -0.25) is 4.79 Å². The van der Waals surface area contributed by atoms with Gasteiger partial charge in [-0.2, -0.15) is 0 Å². The number of hydrogen-bond acceptors (Lipinski definition) is 2. The van der Waals surface area contributed by atoms with Crippen LogP contribution in [0.15, 0.2) is 66.7 Å². The van der Waals surface area contributed by atoms with E-state index < -0.39 is 0 Å². The van der Waals surface area contributed by atoms with E-state index in [-0.39, 0.29) is 0 Å². The molecule has 4 aromatic rings. The molecule has 1 aromatic heterocycles.